The van der Waals surface area contributed by atoms with Crippen LogP contribution in [0.2, 0.25) is 18.1 Å². The molecule has 2 fully saturated rings. The van der Waals surface area contributed by atoms with E-state index in [1.165, 1.54) is 0 Å². The molecule has 0 aromatic heterocycles. The third-order valence-electron chi connectivity index (χ3n) is 4.69. The predicted molar refractivity (Wildman–Crippen MR) is 76.9 cm³/mol. The Labute approximate surface area is 121 Å². The minimum absolute atomic E-state index is 0.0525. The Hall–Kier alpha value is -0.433. The van der Waals surface area contributed by atoms with Crippen LogP contribution in [0.25, 0.3) is 0 Å². The molecule has 0 aromatic carbocycles. The van der Waals surface area contributed by atoms with E-state index in [1.807, 2.05) is 0 Å². The molecule has 0 bridgehead atoms. The summed E-state index contributed by atoms with van der Waals surface area (Å²) in [4.78, 5) is 11.4. The molecular weight excluding hydrogens is 276 g/mol. The smallest absolute Gasteiger partial charge is 0.309 e. The van der Waals surface area contributed by atoms with E-state index in [9.17, 15) is 9.90 Å². The molecule has 2 heterocycles. The highest BCUT2D eigenvalue weighted by molar-refractivity contribution is 6.74. The first-order chi connectivity index (χ1) is 9.03. The highest BCUT2D eigenvalue weighted by Gasteiger charge is 2.56. The van der Waals surface area contributed by atoms with E-state index in [0.717, 1.165) is 0 Å². The van der Waals surface area contributed by atoms with E-state index in [-0.39, 0.29) is 35.7 Å². The molecule has 0 radical (unpaired) electrons. The Morgan fingerprint density at radius 3 is 2.50 bits per heavy atom. The average molecular weight is 302 g/mol. The monoisotopic (exact) mass is 302 g/mol. The summed E-state index contributed by atoms with van der Waals surface area (Å²) < 4.78 is 17.5. The first-order valence-corrected chi connectivity index (χ1v) is 10.1. The van der Waals surface area contributed by atoms with Crippen molar-refractivity contribution in [1.82, 2.24) is 0 Å². The van der Waals surface area contributed by atoms with Crippen LogP contribution in [0.1, 0.15) is 34.1 Å². The summed E-state index contributed by atoms with van der Waals surface area (Å²) in [5, 5.41) is 9.97. The number of fused-ring (bicyclic) bond motifs is 1. The highest BCUT2D eigenvalue weighted by atomic mass is 28.4. The SMILES string of the molecule is C[C@@H](O)[C@H]1O[C@H]2CC(=O)O[C@H]2[C@@H]1O[Si](C)(C)C(C)(C)C. The van der Waals surface area contributed by atoms with Gasteiger partial charge in [0.1, 0.15) is 18.3 Å². The van der Waals surface area contributed by atoms with Crippen molar-refractivity contribution >= 4 is 14.3 Å². The molecule has 5 atom stereocenters. The number of hydrogen-bond acceptors (Lipinski definition) is 5. The number of carbonyl (C=O) groups excluding carboxylic acids is 1. The molecule has 2 saturated heterocycles. The summed E-state index contributed by atoms with van der Waals surface area (Å²) in [6.45, 7) is 12.5. The number of ether oxygens (including phenoxy) is 2. The lowest BCUT2D eigenvalue weighted by atomic mass is 10.1. The Morgan fingerprint density at radius 2 is 2.00 bits per heavy atom. The molecule has 0 saturated carbocycles. The molecule has 1 N–H and O–H groups in total. The van der Waals surface area contributed by atoms with Gasteiger partial charge in [-0.05, 0) is 25.1 Å². The largest absolute Gasteiger partial charge is 0.457 e. The molecule has 0 spiro atoms. The maximum Gasteiger partial charge on any atom is 0.309 e. The van der Waals surface area contributed by atoms with E-state index in [1.54, 1.807) is 6.92 Å². The molecule has 2 aliphatic rings. The highest BCUT2D eigenvalue weighted by Crippen LogP contribution is 2.42. The molecule has 116 valence electrons. The summed E-state index contributed by atoms with van der Waals surface area (Å²) in [6.07, 6.45) is -1.84. The van der Waals surface area contributed by atoms with Crippen LogP contribution in [0.3, 0.4) is 0 Å². The topological polar surface area (TPSA) is 65.0 Å². The van der Waals surface area contributed by atoms with Crippen LogP contribution < -0.4 is 0 Å². The molecule has 5 nitrogen and oxygen atoms in total. The van der Waals surface area contributed by atoms with Crippen LogP contribution in [0, 0.1) is 0 Å². The fourth-order valence-corrected chi connectivity index (χ4v) is 3.77. The van der Waals surface area contributed by atoms with Crippen LogP contribution >= 0.6 is 0 Å². The number of esters is 1. The number of hydrogen-bond donors (Lipinski definition) is 1. The van der Waals surface area contributed by atoms with Crippen molar-refractivity contribution in [3.8, 4) is 0 Å². The molecule has 0 unspecified atom stereocenters. The van der Waals surface area contributed by atoms with E-state index >= 15 is 0 Å². The van der Waals surface area contributed by atoms with E-state index in [2.05, 4.69) is 33.9 Å². The van der Waals surface area contributed by atoms with Crippen molar-refractivity contribution in [2.75, 3.05) is 0 Å². The van der Waals surface area contributed by atoms with E-state index < -0.39 is 20.5 Å². The summed E-state index contributed by atoms with van der Waals surface area (Å²) >= 11 is 0. The fraction of sp³-hybridized carbons (Fsp3) is 0.929. The van der Waals surface area contributed by atoms with Gasteiger partial charge in [-0.25, -0.2) is 0 Å². The van der Waals surface area contributed by atoms with Crippen molar-refractivity contribution in [3.05, 3.63) is 0 Å². The average Bonchev–Trinajstić information content (AvgIpc) is 2.74. The predicted octanol–water partition coefficient (Wildman–Crippen LogP) is 1.84. The number of carbonyl (C=O) groups is 1. The van der Waals surface area contributed by atoms with Gasteiger partial charge in [-0.1, -0.05) is 20.8 Å². The van der Waals surface area contributed by atoms with Gasteiger partial charge >= 0.3 is 5.97 Å². The quantitative estimate of drug-likeness (QED) is 0.636. The van der Waals surface area contributed by atoms with Crippen LogP contribution in [0.5, 0.6) is 0 Å². The summed E-state index contributed by atoms with van der Waals surface area (Å²) in [5.41, 5.74) is 0. The Balaban J connectivity index is 2.19. The molecule has 0 amide bonds. The minimum atomic E-state index is -2.02. The lowest BCUT2D eigenvalue weighted by molar-refractivity contribution is -0.146. The molecule has 2 rings (SSSR count). The maximum absolute atomic E-state index is 11.4. The molecule has 0 aromatic rings. The van der Waals surface area contributed by atoms with E-state index in [0.29, 0.717) is 0 Å². The standard InChI is InChI=1S/C14H26O5Si/c1-8(15)11-13(19-20(5,6)14(2,3)4)12-9(17-11)7-10(16)18-12/h8-9,11-13,15H,7H2,1-6H3/t8-,9+,11-,12-,13-/m1/s1. The lowest BCUT2D eigenvalue weighted by Crippen LogP contribution is -2.51. The third kappa shape index (κ3) is 2.79. The van der Waals surface area contributed by atoms with Crippen molar-refractivity contribution in [2.24, 2.45) is 0 Å². The van der Waals surface area contributed by atoms with Crippen molar-refractivity contribution in [2.45, 2.75) is 82.8 Å². The van der Waals surface area contributed by atoms with Gasteiger partial charge in [0.2, 0.25) is 0 Å². The summed E-state index contributed by atoms with van der Waals surface area (Å²) in [7, 11) is -2.02. The second-order valence-corrected chi connectivity index (χ2v) is 12.1. The van der Waals surface area contributed by atoms with Crippen molar-refractivity contribution in [3.63, 3.8) is 0 Å². The van der Waals surface area contributed by atoms with Crippen LogP contribution in [0.15, 0.2) is 0 Å². The fourth-order valence-electron chi connectivity index (χ4n) is 2.47. The lowest BCUT2D eigenvalue weighted by Gasteiger charge is -2.40. The molecule has 20 heavy (non-hydrogen) atoms. The van der Waals surface area contributed by atoms with Gasteiger partial charge < -0.3 is 19.0 Å². The molecule has 2 aliphatic heterocycles. The first kappa shape index (κ1) is 15.9. The number of aliphatic hydroxyl groups is 1. The number of rotatable bonds is 3. The normalized spacial score (nSPS) is 35.9. The first-order valence-electron chi connectivity index (χ1n) is 7.24. The Kier molecular flexibility index (Phi) is 4.05. The summed E-state index contributed by atoms with van der Waals surface area (Å²) in [5.74, 6) is -0.243. The molecule has 0 aliphatic carbocycles. The van der Waals surface area contributed by atoms with Gasteiger partial charge in [0.05, 0.1) is 12.5 Å². The Bertz CT molecular complexity index is 388. The third-order valence-corrected chi connectivity index (χ3v) is 9.17. The van der Waals surface area contributed by atoms with Crippen LogP contribution in [0.4, 0.5) is 0 Å². The van der Waals surface area contributed by atoms with Gasteiger partial charge in [-0.15, -0.1) is 0 Å². The zero-order valence-corrected chi connectivity index (χ0v) is 14.2. The second-order valence-electron chi connectivity index (χ2n) is 7.38. The Morgan fingerprint density at radius 1 is 1.40 bits per heavy atom. The zero-order valence-electron chi connectivity index (χ0n) is 13.2. The van der Waals surface area contributed by atoms with Crippen LogP contribution in [-0.2, 0) is 18.7 Å². The second kappa shape index (κ2) is 5.09. The van der Waals surface area contributed by atoms with Crippen LogP contribution in [-0.4, -0.2) is 49.9 Å². The van der Waals surface area contributed by atoms with Crippen molar-refractivity contribution < 1.29 is 23.8 Å². The van der Waals surface area contributed by atoms with Gasteiger partial charge in [-0.3, -0.25) is 4.79 Å². The maximum atomic E-state index is 11.4. The van der Waals surface area contributed by atoms with Gasteiger partial charge in [-0.2, -0.15) is 0 Å². The zero-order chi connectivity index (χ0) is 15.3. The van der Waals surface area contributed by atoms with E-state index in [4.69, 9.17) is 13.9 Å². The van der Waals surface area contributed by atoms with Gasteiger partial charge in [0.25, 0.3) is 0 Å². The van der Waals surface area contributed by atoms with Gasteiger partial charge in [0.15, 0.2) is 14.4 Å². The molecular formula is C14H26O5Si. The van der Waals surface area contributed by atoms with Gasteiger partial charge in [0, 0.05) is 0 Å². The molecule has 6 heteroatoms. The van der Waals surface area contributed by atoms with Crippen molar-refractivity contribution in [1.29, 1.82) is 0 Å². The minimum Gasteiger partial charge on any atom is -0.457 e. The number of aliphatic hydroxyl groups excluding tert-OH is 1. The summed E-state index contributed by atoms with van der Waals surface area (Å²) in [6, 6.07) is 0.